The Kier molecular flexibility index (Phi) is 8.67. The van der Waals surface area contributed by atoms with E-state index in [4.69, 9.17) is 16.1 Å². The average Bonchev–Trinajstić information content (AvgIpc) is 3.13. The van der Waals surface area contributed by atoms with Crippen LogP contribution in [0, 0.1) is 0 Å². The lowest BCUT2D eigenvalue weighted by Crippen LogP contribution is -2.52. The molecule has 0 aliphatic carbocycles. The molecule has 0 spiro atoms. The van der Waals surface area contributed by atoms with Crippen LogP contribution in [0.2, 0.25) is 5.02 Å². The van der Waals surface area contributed by atoms with E-state index >= 15 is 0 Å². The summed E-state index contributed by atoms with van der Waals surface area (Å²) < 4.78 is 4.90. The molecule has 1 aromatic carbocycles. The SMILES string of the molecule is CN=C(NCCc1cccc(Cl)c1)N1CCN(Cc2ccon2)CC1.I. The molecule has 2 aromatic rings. The lowest BCUT2D eigenvalue weighted by Gasteiger charge is -2.36. The van der Waals surface area contributed by atoms with E-state index in [9.17, 15) is 0 Å². The Hall–Kier alpha value is -1.32. The van der Waals surface area contributed by atoms with Crippen molar-refractivity contribution in [3.63, 3.8) is 0 Å². The van der Waals surface area contributed by atoms with E-state index in [0.717, 1.165) is 62.4 Å². The number of guanidine groups is 1. The van der Waals surface area contributed by atoms with Crippen LogP contribution in [0.4, 0.5) is 0 Å². The van der Waals surface area contributed by atoms with Crippen LogP contribution in [0.5, 0.6) is 0 Å². The van der Waals surface area contributed by atoms with Crippen LogP contribution in [0.25, 0.3) is 0 Å². The minimum Gasteiger partial charge on any atom is -0.364 e. The predicted molar refractivity (Wildman–Crippen MR) is 115 cm³/mol. The van der Waals surface area contributed by atoms with Gasteiger partial charge in [0.15, 0.2) is 5.96 Å². The highest BCUT2D eigenvalue weighted by Crippen LogP contribution is 2.11. The summed E-state index contributed by atoms with van der Waals surface area (Å²) in [5.74, 6) is 0.961. The first-order chi connectivity index (χ1) is 12.2. The lowest BCUT2D eigenvalue weighted by molar-refractivity contribution is 0.169. The summed E-state index contributed by atoms with van der Waals surface area (Å²) in [7, 11) is 1.84. The van der Waals surface area contributed by atoms with Crippen LogP contribution < -0.4 is 5.32 Å². The molecule has 142 valence electrons. The third-order valence-corrected chi connectivity index (χ3v) is 4.58. The minimum absolute atomic E-state index is 0. The molecule has 1 aliphatic rings. The van der Waals surface area contributed by atoms with Gasteiger partial charge in [0, 0.05) is 57.4 Å². The van der Waals surface area contributed by atoms with Crippen LogP contribution in [-0.4, -0.2) is 60.7 Å². The van der Waals surface area contributed by atoms with Crippen molar-refractivity contribution in [3.8, 4) is 0 Å². The van der Waals surface area contributed by atoms with Crippen LogP contribution in [0.15, 0.2) is 46.1 Å². The second kappa shape index (κ2) is 10.7. The van der Waals surface area contributed by atoms with Gasteiger partial charge in [-0.3, -0.25) is 9.89 Å². The topological polar surface area (TPSA) is 56.9 Å². The summed E-state index contributed by atoms with van der Waals surface area (Å²) >= 11 is 6.03. The van der Waals surface area contributed by atoms with Gasteiger partial charge in [0.2, 0.25) is 0 Å². The fourth-order valence-corrected chi connectivity index (χ4v) is 3.22. The van der Waals surface area contributed by atoms with Crippen molar-refractivity contribution in [2.75, 3.05) is 39.8 Å². The molecule has 0 saturated carbocycles. The lowest BCUT2D eigenvalue weighted by atomic mass is 10.1. The number of nitrogens with zero attached hydrogens (tertiary/aromatic N) is 4. The molecule has 0 radical (unpaired) electrons. The van der Waals surface area contributed by atoms with Gasteiger partial charge < -0.3 is 14.7 Å². The maximum Gasteiger partial charge on any atom is 0.193 e. The van der Waals surface area contributed by atoms with Gasteiger partial charge in [0.1, 0.15) is 6.26 Å². The Balaban J connectivity index is 0.00000243. The van der Waals surface area contributed by atoms with Crippen LogP contribution in [0.1, 0.15) is 11.3 Å². The monoisotopic (exact) mass is 489 g/mol. The molecule has 1 aliphatic heterocycles. The summed E-state index contributed by atoms with van der Waals surface area (Å²) in [6.45, 7) is 5.56. The number of aliphatic imine (C=N–C) groups is 1. The zero-order chi connectivity index (χ0) is 17.5. The number of halogens is 2. The summed E-state index contributed by atoms with van der Waals surface area (Å²) in [6.07, 6.45) is 2.54. The third-order valence-electron chi connectivity index (χ3n) is 4.35. The van der Waals surface area contributed by atoms with E-state index in [0.29, 0.717) is 0 Å². The van der Waals surface area contributed by atoms with Crippen molar-refractivity contribution in [2.45, 2.75) is 13.0 Å². The number of aromatic nitrogens is 1. The normalized spacial score (nSPS) is 15.6. The summed E-state index contributed by atoms with van der Waals surface area (Å²) in [5.41, 5.74) is 2.21. The molecule has 26 heavy (non-hydrogen) atoms. The van der Waals surface area contributed by atoms with Crippen molar-refractivity contribution < 1.29 is 4.52 Å². The minimum atomic E-state index is 0. The maximum atomic E-state index is 6.03. The Morgan fingerprint density at radius 2 is 2.08 bits per heavy atom. The van der Waals surface area contributed by atoms with E-state index in [1.54, 1.807) is 6.26 Å². The Bertz CT molecular complexity index is 687. The molecule has 1 saturated heterocycles. The first-order valence-corrected chi connectivity index (χ1v) is 8.94. The molecule has 2 heterocycles. The molecule has 1 aromatic heterocycles. The van der Waals surface area contributed by atoms with Gasteiger partial charge in [-0.25, -0.2) is 0 Å². The molecule has 1 fully saturated rings. The first-order valence-electron chi connectivity index (χ1n) is 8.56. The molecular formula is C18H25ClIN5O. The van der Waals surface area contributed by atoms with Crippen molar-refractivity contribution in [1.29, 1.82) is 0 Å². The van der Waals surface area contributed by atoms with Crippen LogP contribution >= 0.6 is 35.6 Å². The van der Waals surface area contributed by atoms with Gasteiger partial charge in [0.05, 0.1) is 5.69 Å². The smallest absolute Gasteiger partial charge is 0.193 e. The third kappa shape index (κ3) is 6.14. The number of piperazine rings is 1. The fraction of sp³-hybridized carbons (Fsp3) is 0.444. The van der Waals surface area contributed by atoms with Crippen molar-refractivity contribution in [2.24, 2.45) is 4.99 Å². The van der Waals surface area contributed by atoms with E-state index < -0.39 is 0 Å². The number of rotatable bonds is 5. The summed E-state index contributed by atoms with van der Waals surface area (Å²) in [5, 5.41) is 8.22. The van der Waals surface area contributed by atoms with Gasteiger partial charge in [-0.1, -0.05) is 28.9 Å². The van der Waals surface area contributed by atoms with Gasteiger partial charge >= 0.3 is 0 Å². The van der Waals surface area contributed by atoms with Gasteiger partial charge in [-0.05, 0) is 24.1 Å². The molecular weight excluding hydrogens is 465 g/mol. The predicted octanol–water partition coefficient (Wildman–Crippen LogP) is 2.88. The molecule has 1 N–H and O–H groups in total. The molecule has 0 unspecified atom stereocenters. The number of hydrogen-bond acceptors (Lipinski definition) is 4. The Labute approximate surface area is 176 Å². The second-order valence-electron chi connectivity index (χ2n) is 6.11. The largest absolute Gasteiger partial charge is 0.364 e. The van der Waals surface area contributed by atoms with Crippen molar-refractivity contribution in [3.05, 3.63) is 52.9 Å². The fourth-order valence-electron chi connectivity index (χ4n) is 3.01. The van der Waals surface area contributed by atoms with Gasteiger partial charge in [-0.2, -0.15) is 0 Å². The highest BCUT2D eigenvalue weighted by Gasteiger charge is 2.20. The zero-order valence-corrected chi connectivity index (χ0v) is 18.0. The van der Waals surface area contributed by atoms with Crippen LogP contribution in [-0.2, 0) is 13.0 Å². The molecule has 3 rings (SSSR count). The molecule has 0 atom stereocenters. The maximum absolute atomic E-state index is 6.03. The van der Waals surface area contributed by atoms with Crippen molar-refractivity contribution in [1.82, 2.24) is 20.3 Å². The highest BCUT2D eigenvalue weighted by atomic mass is 127. The Morgan fingerprint density at radius 1 is 1.27 bits per heavy atom. The van der Waals surface area contributed by atoms with E-state index in [1.807, 2.05) is 31.3 Å². The van der Waals surface area contributed by atoms with E-state index in [1.165, 1.54) is 5.56 Å². The van der Waals surface area contributed by atoms with Crippen LogP contribution in [0.3, 0.4) is 0 Å². The zero-order valence-electron chi connectivity index (χ0n) is 14.9. The number of nitrogens with one attached hydrogen (secondary N) is 1. The first kappa shape index (κ1) is 21.0. The highest BCUT2D eigenvalue weighted by molar-refractivity contribution is 14.0. The van der Waals surface area contributed by atoms with E-state index in [-0.39, 0.29) is 24.0 Å². The second-order valence-corrected chi connectivity index (χ2v) is 6.54. The number of benzene rings is 1. The summed E-state index contributed by atoms with van der Waals surface area (Å²) in [6, 6.07) is 9.91. The van der Waals surface area contributed by atoms with Gasteiger partial charge in [-0.15, -0.1) is 24.0 Å². The molecule has 0 amide bonds. The molecule has 6 nitrogen and oxygen atoms in total. The number of hydrogen-bond donors (Lipinski definition) is 1. The standard InChI is InChI=1S/C18H24ClN5O.HI/c1-20-18(21-7-5-15-3-2-4-16(19)13-15)24-10-8-23(9-11-24)14-17-6-12-25-22-17;/h2-4,6,12-13H,5,7-11,14H2,1H3,(H,20,21);1H. The summed E-state index contributed by atoms with van der Waals surface area (Å²) in [4.78, 5) is 9.11. The van der Waals surface area contributed by atoms with E-state index in [2.05, 4.69) is 31.3 Å². The van der Waals surface area contributed by atoms with Gasteiger partial charge in [0.25, 0.3) is 0 Å². The molecule has 8 heteroatoms. The molecule has 0 bridgehead atoms. The van der Waals surface area contributed by atoms with Crippen molar-refractivity contribution >= 4 is 41.5 Å². The Morgan fingerprint density at radius 3 is 2.73 bits per heavy atom. The average molecular weight is 490 g/mol. The quantitative estimate of drug-likeness (QED) is 0.398.